The molecule has 0 aromatic rings. The monoisotopic (exact) mass is 154 g/mol. The molecule has 0 amide bonds. The van der Waals surface area contributed by atoms with E-state index in [-0.39, 0.29) is 0 Å². The molecule has 1 aliphatic carbocycles. The van der Waals surface area contributed by atoms with Gasteiger partial charge in [-0.3, -0.25) is 0 Å². The van der Waals surface area contributed by atoms with E-state index in [0.29, 0.717) is 6.04 Å². The van der Waals surface area contributed by atoms with Gasteiger partial charge in [-0.25, -0.2) is 0 Å². The number of nitrogens with zero attached hydrogens (tertiary/aromatic N) is 1. The van der Waals surface area contributed by atoms with Crippen LogP contribution in [0.5, 0.6) is 0 Å². The van der Waals surface area contributed by atoms with Crippen LogP contribution >= 0.6 is 0 Å². The molecule has 64 valence electrons. The van der Waals surface area contributed by atoms with Crippen molar-refractivity contribution in [2.24, 2.45) is 5.73 Å². The van der Waals surface area contributed by atoms with E-state index >= 15 is 0 Å². The van der Waals surface area contributed by atoms with Crippen LogP contribution in [-0.2, 0) is 0 Å². The molecule has 0 aromatic carbocycles. The van der Waals surface area contributed by atoms with Crippen LogP contribution in [0.4, 0.5) is 0 Å². The minimum absolute atomic E-state index is 0.507. The second-order valence-corrected chi connectivity index (χ2v) is 3.96. The van der Waals surface area contributed by atoms with E-state index in [1.165, 1.54) is 45.2 Å². The third kappa shape index (κ3) is 1.57. The summed E-state index contributed by atoms with van der Waals surface area (Å²) in [6, 6.07) is 1.40. The first-order valence-electron chi connectivity index (χ1n) is 4.86. The van der Waals surface area contributed by atoms with Gasteiger partial charge in [-0.15, -0.1) is 0 Å². The van der Waals surface area contributed by atoms with Crippen LogP contribution in [0, 0.1) is 0 Å². The molecule has 11 heavy (non-hydrogen) atoms. The van der Waals surface area contributed by atoms with E-state index in [1.54, 1.807) is 0 Å². The fourth-order valence-electron chi connectivity index (χ4n) is 2.17. The highest BCUT2D eigenvalue weighted by atomic mass is 15.2. The normalized spacial score (nSPS) is 40.1. The zero-order valence-corrected chi connectivity index (χ0v) is 7.13. The van der Waals surface area contributed by atoms with Gasteiger partial charge in [0.15, 0.2) is 0 Å². The maximum Gasteiger partial charge on any atom is 0.00964 e. The lowest BCUT2D eigenvalue weighted by molar-refractivity contribution is 0.0874. The van der Waals surface area contributed by atoms with Crippen molar-refractivity contribution < 1.29 is 0 Å². The van der Waals surface area contributed by atoms with Crippen molar-refractivity contribution in [3.8, 4) is 0 Å². The summed E-state index contributed by atoms with van der Waals surface area (Å²) in [6.45, 7) is 2.69. The summed E-state index contributed by atoms with van der Waals surface area (Å²) in [4.78, 5) is 2.62. The third-order valence-electron chi connectivity index (χ3n) is 3.15. The van der Waals surface area contributed by atoms with Gasteiger partial charge < -0.3 is 10.6 Å². The first kappa shape index (κ1) is 7.56. The number of nitrogens with two attached hydrogens (primary N) is 1. The van der Waals surface area contributed by atoms with E-state index in [4.69, 9.17) is 5.73 Å². The van der Waals surface area contributed by atoms with Gasteiger partial charge in [-0.1, -0.05) is 0 Å². The highest BCUT2D eigenvalue weighted by molar-refractivity contribution is 4.84. The largest absolute Gasteiger partial charge is 0.328 e. The molecule has 2 aliphatic rings. The van der Waals surface area contributed by atoms with Crippen LogP contribution in [0.15, 0.2) is 0 Å². The highest BCUT2D eigenvalue weighted by Crippen LogP contribution is 2.25. The summed E-state index contributed by atoms with van der Waals surface area (Å²) >= 11 is 0. The Morgan fingerprint density at radius 2 is 1.64 bits per heavy atom. The molecule has 0 unspecified atom stereocenters. The smallest absolute Gasteiger partial charge is 0.00964 e. The second kappa shape index (κ2) is 3.11. The zero-order valence-electron chi connectivity index (χ0n) is 7.13. The molecule has 0 atom stereocenters. The highest BCUT2D eigenvalue weighted by Gasteiger charge is 2.27. The Bertz CT molecular complexity index is 124. The Kier molecular flexibility index (Phi) is 2.14. The van der Waals surface area contributed by atoms with Gasteiger partial charge in [0.1, 0.15) is 0 Å². The summed E-state index contributed by atoms with van der Waals surface area (Å²) in [5, 5.41) is 0. The third-order valence-corrected chi connectivity index (χ3v) is 3.15. The Morgan fingerprint density at radius 1 is 1.00 bits per heavy atom. The standard InChI is InChI=1S/C9H18N2/c10-8-2-4-9(5-3-8)11-6-1-7-11/h8-9H,1-7,10H2/t8-,9-. The molecule has 2 heteroatoms. The molecule has 0 bridgehead atoms. The van der Waals surface area contributed by atoms with E-state index in [2.05, 4.69) is 4.90 Å². The molecule has 1 saturated carbocycles. The fourth-order valence-corrected chi connectivity index (χ4v) is 2.17. The van der Waals surface area contributed by atoms with Crippen LogP contribution in [0.25, 0.3) is 0 Å². The van der Waals surface area contributed by atoms with Crippen LogP contribution < -0.4 is 5.73 Å². The molecule has 0 aromatic heterocycles. The molecule has 2 nitrogen and oxygen atoms in total. The van der Waals surface area contributed by atoms with Crippen molar-refractivity contribution in [2.75, 3.05) is 13.1 Å². The molecular formula is C9H18N2. The molecule has 1 saturated heterocycles. The lowest BCUT2D eigenvalue weighted by Gasteiger charge is -2.41. The van der Waals surface area contributed by atoms with Crippen molar-refractivity contribution in [2.45, 2.75) is 44.2 Å². The fraction of sp³-hybridized carbons (Fsp3) is 1.00. The van der Waals surface area contributed by atoms with Gasteiger partial charge in [0, 0.05) is 12.1 Å². The Labute approximate surface area is 68.7 Å². The van der Waals surface area contributed by atoms with Crippen LogP contribution in [0.3, 0.4) is 0 Å². The van der Waals surface area contributed by atoms with Crippen molar-refractivity contribution >= 4 is 0 Å². The Balaban J connectivity index is 1.77. The van der Waals surface area contributed by atoms with Crippen molar-refractivity contribution in [3.05, 3.63) is 0 Å². The SMILES string of the molecule is N[C@H]1CC[C@H](N2CCC2)CC1. The van der Waals surface area contributed by atoms with Crippen LogP contribution in [0.1, 0.15) is 32.1 Å². The van der Waals surface area contributed by atoms with Gasteiger partial charge in [0.25, 0.3) is 0 Å². The molecule has 2 fully saturated rings. The summed E-state index contributed by atoms with van der Waals surface area (Å²) in [7, 11) is 0. The minimum Gasteiger partial charge on any atom is -0.328 e. The van der Waals surface area contributed by atoms with Gasteiger partial charge in [0.2, 0.25) is 0 Å². The van der Waals surface area contributed by atoms with Gasteiger partial charge in [-0.2, -0.15) is 0 Å². The molecular weight excluding hydrogens is 136 g/mol. The molecule has 2 rings (SSSR count). The van der Waals surface area contributed by atoms with Crippen LogP contribution in [0.2, 0.25) is 0 Å². The number of hydrogen-bond donors (Lipinski definition) is 1. The predicted octanol–water partition coefficient (Wildman–Crippen LogP) is 0.962. The van der Waals surface area contributed by atoms with Crippen molar-refractivity contribution in [3.63, 3.8) is 0 Å². The van der Waals surface area contributed by atoms with Gasteiger partial charge >= 0.3 is 0 Å². The minimum atomic E-state index is 0.507. The maximum absolute atomic E-state index is 5.84. The number of likely N-dealkylation sites (tertiary alicyclic amines) is 1. The van der Waals surface area contributed by atoms with E-state index < -0.39 is 0 Å². The topological polar surface area (TPSA) is 29.3 Å². The predicted molar refractivity (Wildman–Crippen MR) is 46.4 cm³/mol. The zero-order chi connectivity index (χ0) is 7.68. The molecule has 1 aliphatic heterocycles. The first-order valence-corrected chi connectivity index (χ1v) is 4.86. The lowest BCUT2D eigenvalue weighted by atomic mass is 9.89. The molecule has 0 radical (unpaired) electrons. The summed E-state index contributed by atoms with van der Waals surface area (Å²) < 4.78 is 0. The van der Waals surface area contributed by atoms with Gasteiger partial charge in [0.05, 0.1) is 0 Å². The molecule has 1 heterocycles. The Hall–Kier alpha value is -0.0800. The van der Waals surface area contributed by atoms with Crippen LogP contribution in [-0.4, -0.2) is 30.1 Å². The first-order chi connectivity index (χ1) is 5.36. The number of rotatable bonds is 1. The van der Waals surface area contributed by atoms with E-state index in [9.17, 15) is 0 Å². The second-order valence-electron chi connectivity index (χ2n) is 3.96. The lowest BCUT2D eigenvalue weighted by Crippen LogP contribution is -2.47. The summed E-state index contributed by atoms with van der Waals surface area (Å²) in [5.41, 5.74) is 5.84. The van der Waals surface area contributed by atoms with E-state index in [0.717, 1.165) is 6.04 Å². The quantitative estimate of drug-likeness (QED) is 0.609. The Morgan fingerprint density at radius 3 is 2.09 bits per heavy atom. The summed E-state index contributed by atoms with van der Waals surface area (Å²) in [5.74, 6) is 0. The summed E-state index contributed by atoms with van der Waals surface area (Å²) in [6.07, 6.45) is 6.62. The molecule has 2 N–H and O–H groups in total. The van der Waals surface area contributed by atoms with E-state index in [1.807, 2.05) is 0 Å². The maximum atomic E-state index is 5.84. The average Bonchev–Trinajstić information content (AvgIpc) is 1.90. The van der Waals surface area contributed by atoms with Crippen molar-refractivity contribution in [1.29, 1.82) is 0 Å². The average molecular weight is 154 g/mol. The number of hydrogen-bond acceptors (Lipinski definition) is 2. The molecule has 0 spiro atoms. The van der Waals surface area contributed by atoms with Gasteiger partial charge in [-0.05, 0) is 45.2 Å². The van der Waals surface area contributed by atoms with Crippen molar-refractivity contribution in [1.82, 2.24) is 4.90 Å².